The summed E-state index contributed by atoms with van der Waals surface area (Å²) in [5.41, 5.74) is 2.19. The highest BCUT2D eigenvalue weighted by Gasteiger charge is 2.03. The molecule has 7 nitrogen and oxygen atoms in total. The molecule has 0 spiro atoms. The molecule has 0 radical (unpaired) electrons. The summed E-state index contributed by atoms with van der Waals surface area (Å²) in [5.74, 6) is 2.22. The van der Waals surface area contributed by atoms with Crippen LogP contribution >= 0.6 is 24.0 Å². The van der Waals surface area contributed by atoms with Gasteiger partial charge in [0, 0.05) is 38.6 Å². The van der Waals surface area contributed by atoms with E-state index in [1.807, 2.05) is 57.2 Å². The van der Waals surface area contributed by atoms with Crippen LogP contribution in [0.1, 0.15) is 38.3 Å². The van der Waals surface area contributed by atoms with E-state index >= 15 is 0 Å². The summed E-state index contributed by atoms with van der Waals surface area (Å²) in [6.45, 7) is 9.42. The fourth-order valence-corrected chi connectivity index (χ4v) is 2.65. The number of aliphatic imine (C=N–C) groups is 1. The first-order valence-electron chi connectivity index (χ1n) is 10.4. The van der Waals surface area contributed by atoms with Crippen LogP contribution in [-0.2, 0) is 17.8 Å². The van der Waals surface area contributed by atoms with E-state index in [1.54, 1.807) is 13.3 Å². The van der Waals surface area contributed by atoms with Crippen LogP contribution in [0.4, 0.5) is 0 Å². The molecule has 1 heterocycles. The molecule has 172 valence electrons. The van der Waals surface area contributed by atoms with Crippen LogP contribution in [0.5, 0.6) is 11.6 Å². The fourth-order valence-electron chi connectivity index (χ4n) is 2.65. The zero-order chi connectivity index (χ0) is 21.6. The summed E-state index contributed by atoms with van der Waals surface area (Å²) in [4.78, 5) is 8.98. The number of nitrogens with zero attached hydrogens (tertiary/aromatic N) is 2. The molecule has 0 unspecified atom stereocenters. The Balaban J connectivity index is 0.00000480. The van der Waals surface area contributed by atoms with E-state index in [0.717, 1.165) is 49.0 Å². The molecular weight excluding hydrogens is 507 g/mol. The van der Waals surface area contributed by atoms with Crippen LogP contribution in [-0.4, -0.2) is 43.9 Å². The number of benzene rings is 1. The van der Waals surface area contributed by atoms with Crippen LogP contribution in [0.3, 0.4) is 0 Å². The molecule has 0 fully saturated rings. The number of nitrogens with one attached hydrogen (secondary N) is 2. The van der Waals surface area contributed by atoms with Gasteiger partial charge in [0.1, 0.15) is 5.75 Å². The van der Waals surface area contributed by atoms with Crippen LogP contribution < -0.4 is 20.1 Å². The van der Waals surface area contributed by atoms with Crippen molar-refractivity contribution in [3.63, 3.8) is 0 Å². The van der Waals surface area contributed by atoms with Crippen LogP contribution in [0, 0.1) is 0 Å². The summed E-state index contributed by atoms with van der Waals surface area (Å²) in [5, 5.41) is 6.77. The SMILES string of the molecule is CCOCCCNC(=NCc1ccnc(OC(C)C)c1)NCc1ccc(OC)cc1.I. The Bertz CT molecular complexity index is 770. The molecule has 8 heteroatoms. The minimum absolute atomic E-state index is 0. The molecule has 0 atom stereocenters. The van der Waals surface area contributed by atoms with Gasteiger partial charge in [-0.1, -0.05) is 12.1 Å². The standard InChI is InChI=1S/C23H34N4O3.HI/c1-5-29-14-6-12-25-23(26-16-19-7-9-21(28-4)10-8-19)27-17-20-11-13-24-22(15-20)30-18(2)3;/h7-11,13,15,18H,5-6,12,14,16-17H2,1-4H3,(H2,25,26,27);1H. The highest BCUT2D eigenvalue weighted by atomic mass is 127. The summed E-state index contributed by atoms with van der Waals surface area (Å²) < 4.78 is 16.3. The van der Waals surface area contributed by atoms with Gasteiger partial charge in [-0.15, -0.1) is 24.0 Å². The lowest BCUT2D eigenvalue weighted by Crippen LogP contribution is -2.37. The van der Waals surface area contributed by atoms with Crippen molar-refractivity contribution in [1.82, 2.24) is 15.6 Å². The molecule has 2 aromatic rings. The Morgan fingerprint density at radius 2 is 1.87 bits per heavy atom. The number of hydrogen-bond acceptors (Lipinski definition) is 5. The first-order valence-corrected chi connectivity index (χ1v) is 10.4. The smallest absolute Gasteiger partial charge is 0.213 e. The maximum atomic E-state index is 5.67. The molecule has 1 aromatic heterocycles. The zero-order valence-corrected chi connectivity index (χ0v) is 21.2. The lowest BCUT2D eigenvalue weighted by Gasteiger charge is -2.13. The second-order valence-corrected chi connectivity index (χ2v) is 7.01. The third kappa shape index (κ3) is 11.2. The van der Waals surface area contributed by atoms with Crippen molar-refractivity contribution in [3.8, 4) is 11.6 Å². The van der Waals surface area contributed by atoms with E-state index in [-0.39, 0.29) is 30.1 Å². The normalized spacial score (nSPS) is 11.1. The number of aromatic nitrogens is 1. The fraction of sp³-hybridized carbons (Fsp3) is 0.478. The quantitative estimate of drug-likeness (QED) is 0.182. The van der Waals surface area contributed by atoms with E-state index in [4.69, 9.17) is 19.2 Å². The molecule has 31 heavy (non-hydrogen) atoms. The number of halogens is 1. The summed E-state index contributed by atoms with van der Waals surface area (Å²) in [6.07, 6.45) is 2.76. The molecule has 2 rings (SSSR count). The van der Waals surface area contributed by atoms with Gasteiger partial charge in [-0.05, 0) is 56.5 Å². The van der Waals surface area contributed by atoms with Crippen molar-refractivity contribution in [2.45, 2.75) is 46.4 Å². The second-order valence-electron chi connectivity index (χ2n) is 7.01. The summed E-state index contributed by atoms with van der Waals surface area (Å²) in [6, 6.07) is 11.9. The molecule has 0 amide bonds. The van der Waals surface area contributed by atoms with Gasteiger partial charge in [-0.25, -0.2) is 9.98 Å². The molecule has 2 N–H and O–H groups in total. The third-order valence-electron chi connectivity index (χ3n) is 4.16. The van der Waals surface area contributed by atoms with Gasteiger partial charge in [0.25, 0.3) is 0 Å². The first kappa shape index (κ1) is 27.0. The second kappa shape index (κ2) is 15.7. The predicted octanol–water partition coefficient (Wildman–Crippen LogP) is 4.16. The van der Waals surface area contributed by atoms with Crippen molar-refractivity contribution in [2.75, 3.05) is 26.9 Å². The zero-order valence-electron chi connectivity index (χ0n) is 18.9. The van der Waals surface area contributed by atoms with Gasteiger partial charge in [0.15, 0.2) is 5.96 Å². The molecule has 0 saturated carbocycles. The lowest BCUT2D eigenvalue weighted by molar-refractivity contribution is 0.145. The average molecular weight is 542 g/mol. The Labute approximate surface area is 203 Å². The maximum absolute atomic E-state index is 5.67. The molecule has 0 aliphatic carbocycles. The van der Waals surface area contributed by atoms with E-state index in [1.165, 1.54) is 0 Å². The summed E-state index contributed by atoms with van der Waals surface area (Å²) in [7, 11) is 1.67. The number of methoxy groups -OCH3 is 1. The van der Waals surface area contributed by atoms with Gasteiger partial charge >= 0.3 is 0 Å². The monoisotopic (exact) mass is 542 g/mol. The van der Waals surface area contributed by atoms with E-state index < -0.39 is 0 Å². The van der Waals surface area contributed by atoms with Crippen molar-refractivity contribution in [1.29, 1.82) is 0 Å². The number of rotatable bonds is 12. The molecule has 0 aliphatic heterocycles. The molecule has 1 aromatic carbocycles. The van der Waals surface area contributed by atoms with E-state index in [9.17, 15) is 0 Å². The molecule has 0 aliphatic rings. The minimum atomic E-state index is 0. The largest absolute Gasteiger partial charge is 0.497 e. The Morgan fingerprint density at radius 1 is 1.10 bits per heavy atom. The Kier molecular flexibility index (Phi) is 13.6. The summed E-state index contributed by atoms with van der Waals surface area (Å²) >= 11 is 0. The van der Waals surface area contributed by atoms with Crippen LogP contribution in [0.2, 0.25) is 0 Å². The Morgan fingerprint density at radius 3 is 2.55 bits per heavy atom. The lowest BCUT2D eigenvalue weighted by atomic mass is 10.2. The molecule has 0 saturated heterocycles. The van der Waals surface area contributed by atoms with Crippen LogP contribution in [0.15, 0.2) is 47.6 Å². The van der Waals surface area contributed by atoms with Gasteiger partial charge < -0.3 is 24.8 Å². The molecule has 0 bridgehead atoms. The van der Waals surface area contributed by atoms with Crippen molar-refractivity contribution in [3.05, 3.63) is 53.7 Å². The van der Waals surface area contributed by atoms with E-state index in [0.29, 0.717) is 19.0 Å². The van der Waals surface area contributed by atoms with Crippen molar-refractivity contribution in [2.24, 2.45) is 4.99 Å². The first-order chi connectivity index (χ1) is 14.6. The number of hydrogen-bond donors (Lipinski definition) is 2. The molecular formula is C23H35IN4O3. The predicted molar refractivity (Wildman–Crippen MR) is 136 cm³/mol. The third-order valence-corrected chi connectivity index (χ3v) is 4.16. The highest BCUT2D eigenvalue weighted by Crippen LogP contribution is 2.12. The highest BCUT2D eigenvalue weighted by molar-refractivity contribution is 14.0. The Hall–Kier alpha value is -2.07. The number of guanidine groups is 1. The van der Waals surface area contributed by atoms with E-state index in [2.05, 4.69) is 15.6 Å². The van der Waals surface area contributed by atoms with Gasteiger partial charge in [-0.2, -0.15) is 0 Å². The minimum Gasteiger partial charge on any atom is -0.497 e. The number of pyridine rings is 1. The van der Waals surface area contributed by atoms with Crippen molar-refractivity contribution < 1.29 is 14.2 Å². The topological polar surface area (TPSA) is 77.0 Å². The van der Waals surface area contributed by atoms with Crippen molar-refractivity contribution >= 4 is 29.9 Å². The van der Waals surface area contributed by atoms with Gasteiger partial charge in [0.2, 0.25) is 5.88 Å². The van der Waals surface area contributed by atoms with Gasteiger partial charge in [0.05, 0.1) is 19.8 Å². The van der Waals surface area contributed by atoms with Crippen LogP contribution in [0.25, 0.3) is 0 Å². The van der Waals surface area contributed by atoms with Gasteiger partial charge in [-0.3, -0.25) is 0 Å². The number of ether oxygens (including phenoxy) is 3. The average Bonchev–Trinajstić information content (AvgIpc) is 2.75. The maximum Gasteiger partial charge on any atom is 0.213 e.